The molecule has 152 valence electrons. The topological polar surface area (TPSA) is 44.7 Å². The molecular formula is C23H18Cl3N3O. The highest BCUT2D eigenvalue weighted by Crippen LogP contribution is 2.36. The van der Waals surface area contributed by atoms with Crippen molar-refractivity contribution < 1.29 is 4.79 Å². The lowest BCUT2D eigenvalue weighted by molar-refractivity contribution is -0.115. The summed E-state index contributed by atoms with van der Waals surface area (Å²) in [6.45, 7) is 0.404. The number of hydrogen-bond donors (Lipinski definition) is 1. The predicted octanol–water partition coefficient (Wildman–Crippen LogP) is 6.27. The highest BCUT2D eigenvalue weighted by atomic mass is 35.5. The number of rotatable bonds is 5. The molecule has 0 radical (unpaired) electrons. The van der Waals surface area contributed by atoms with E-state index < -0.39 is 0 Å². The third-order valence-corrected chi connectivity index (χ3v) is 5.64. The van der Waals surface area contributed by atoms with Crippen LogP contribution in [0, 0.1) is 0 Å². The standard InChI is InChI=1S/C23H18Cl3N3O/c24-17-5-1-15(2-6-17)14-27-23(30)21-13-22(16-3-7-18(25)8-4-16)29(28-21)20-11-9-19(26)10-12-20/h1-12,22H,13-14H2,(H,27,30). The minimum Gasteiger partial charge on any atom is -0.347 e. The first-order valence-corrected chi connectivity index (χ1v) is 10.5. The summed E-state index contributed by atoms with van der Waals surface area (Å²) in [5.41, 5.74) is 3.33. The zero-order chi connectivity index (χ0) is 21.1. The number of amides is 1. The Hall–Kier alpha value is -2.53. The van der Waals surface area contributed by atoms with Crippen LogP contribution in [0.4, 0.5) is 5.69 Å². The summed E-state index contributed by atoms with van der Waals surface area (Å²) in [6.07, 6.45) is 0.483. The summed E-state index contributed by atoms with van der Waals surface area (Å²) in [7, 11) is 0. The summed E-state index contributed by atoms with van der Waals surface area (Å²) in [6, 6.07) is 22.3. The molecule has 3 aromatic carbocycles. The van der Waals surface area contributed by atoms with Crippen molar-refractivity contribution >= 4 is 52.1 Å². The Balaban J connectivity index is 1.55. The molecule has 0 fully saturated rings. The van der Waals surface area contributed by atoms with Crippen molar-refractivity contribution in [3.63, 3.8) is 0 Å². The van der Waals surface area contributed by atoms with E-state index in [0.29, 0.717) is 33.7 Å². The van der Waals surface area contributed by atoms with Crippen LogP contribution in [0.15, 0.2) is 77.9 Å². The van der Waals surface area contributed by atoms with E-state index >= 15 is 0 Å². The highest BCUT2D eigenvalue weighted by Gasteiger charge is 2.32. The van der Waals surface area contributed by atoms with Gasteiger partial charge < -0.3 is 5.32 Å². The van der Waals surface area contributed by atoms with Gasteiger partial charge in [0.1, 0.15) is 5.71 Å². The molecule has 0 aliphatic carbocycles. The SMILES string of the molecule is O=C(NCc1ccc(Cl)cc1)C1=NN(c2ccc(Cl)cc2)C(c2ccc(Cl)cc2)C1. The first-order chi connectivity index (χ1) is 14.5. The van der Waals surface area contributed by atoms with Crippen molar-refractivity contribution in [1.29, 1.82) is 0 Å². The van der Waals surface area contributed by atoms with E-state index in [0.717, 1.165) is 16.8 Å². The zero-order valence-corrected chi connectivity index (χ0v) is 18.1. The molecule has 1 N–H and O–H groups in total. The van der Waals surface area contributed by atoms with Crippen LogP contribution in [0.2, 0.25) is 15.1 Å². The lowest BCUT2D eigenvalue weighted by atomic mass is 10.0. The Morgan fingerprint density at radius 3 is 2.00 bits per heavy atom. The molecule has 1 atom stereocenters. The Bertz CT molecular complexity index is 1060. The van der Waals surface area contributed by atoms with Gasteiger partial charge in [-0.3, -0.25) is 9.80 Å². The van der Waals surface area contributed by atoms with Gasteiger partial charge in [-0.25, -0.2) is 0 Å². The smallest absolute Gasteiger partial charge is 0.267 e. The predicted molar refractivity (Wildman–Crippen MR) is 123 cm³/mol. The number of hydrazone groups is 1. The second-order valence-electron chi connectivity index (χ2n) is 6.95. The molecule has 0 saturated heterocycles. The van der Waals surface area contributed by atoms with Gasteiger partial charge in [-0.05, 0) is 59.7 Å². The van der Waals surface area contributed by atoms with Gasteiger partial charge in [0.2, 0.25) is 0 Å². The third-order valence-electron chi connectivity index (χ3n) is 4.88. The van der Waals surface area contributed by atoms with Gasteiger partial charge >= 0.3 is 0 Å². The van der Waals surface area contributed by atoms with Crippen LogP contribution in [0.5, 0.6) is 0 Å². The fraction of sp³-hybridized carbons (Fsp3) is 0.130. The van der Waals surface area contributed by atoms with E-state index in [2.05, 4.69) is 10.4 Å². The Kier molecular flexibility index (Phi) is 6.28. The van der Waals surface area contributed by atoms with Crippen LogP contribution >= 0.6 is 34.8 Å². The molecule has 4 nitrogen and oxygen atoms in total. The summed E-state index contributed by atoms with van der Waals surface area (Å²) in [4.78, 5) is 12.8. The highest BCUT2D eigenvalue weighted by molar-refractivity contribution is 6.39. The van der Waals surface area contributed by atoms with Crippen molar-refractivity contribution in [2.24, 2.45) is 5.10 Å². The molecule has 1 aliphatic heterocycles. The summed E-state index contributed by atoms with van der Waals surface area (Å²) >= 11 is 18.0. The summed E-state index contributed by atoms with van der Waals surface area (Å²) < 4.78 is 0. The largest absolute Gasteiger partial charge is 0.347 e. The molecule has 0 aromatic heterocycles. The van der Waals surface area contributed by atoms with E-state index in [1.165, 1.54) is 0 Å². The molecule has 7 heteroatoms. The second kappa shape index (κ2) is 9.09. The Labute approximate surface area is 190 Å². The molecule has 1 heterocycles. The van der Waals surface area contributed by atoms with Gasteiger partial charge in [-0.2, -0.15) is 5.10 Å². The fourth-order valence-corrected chi connectivity index (χ4v) is 3.69. The normalized spacial score (nSPS) is 15.8. The van der Waals surface area contributed by atoms with Crippen LogP contribution in [0.1, 0.15) is 23.6 Å². The molecule has 0 spiro atoms. The number of nitrogens with one attached hydrogen (secondary N) is 1. The minimum atomic E-state index is -0.194. The average molecular weight is 459 g/mol. The maximum atomic E-state index is 12.8. The van der Waals surface area contributed by atoms with Crippen LogP contribution in [0.25, 0.3) is 0 Å². The number of carbonyl (C=O) groups excluding carboxylic acids is 1. The number of hydrogen-bond acceptors (Lipinski definition) is 3. The van der Waals surface area contributed by atoms with Crippen molar-refractivity contribution in [3.05, 3.63) is 99.0 Å². The number of benzene rings is 3. The number of nitrogens with zero attached hydrogens (tertiary/aromatic N) is 2. The van der Waals surface area contributed by atoms with E-state index in [4.69, 9.17) is 34.8 Å². The lowest BCUT2D eigenvalue weighted by Gasteiger charge is -2.24. The monoisotopic (exact) mass is 457 g/mol. The van der Waals surface area contributed by atoms with Crippen LogP contribution < -0.4 is 10.3 Å². The van der Waals surface area contributed by atoms with Gasteiger partial charge in [-0.1, -0.05) is 59.1 Å². The average Bonchev–Trinajstić information content (AvgIpc) is 3.20. The van der Waals surface area contributed by atoms with E-state index in [-0.39, 0.29) is 11.9 Å². The molecule has 1 unspecified atom stereocenters. The maximum absolute atomic E-state index is 12.8. The molecule has 1 aliphatic rings. The molecule has 30 heavy (non-hydrogen) atoms. The number of anilines is 1. The quantitative estimate of drug-likeness (QED) is 0.489. The van der Waals surface area contributed by atoms with Crippen molar-refractivity contribution in [2.45, 2.75) is 19.0 Å². The fourth-order valence-electron chi connectivity index (χ4n) is 3.31. The molecule has 1 amide bonds. The second-order valence-corrected chi connectivity index (χ2v) is 8.26. The maximum Gasteiger partial charge on any atom is 0.267 e. The molecule has 3 aromatic rings. The van der Waals surface area contributed by atoms with Crippen LogP contribution in [-0.2, 0) is 11.3 Å². The number of halogens is 3. The van der Waals surface area contributed by atoms with E-state index in [1.807, 2.05) is 65.7 Å². The van der Waals surface area contributed by atoms with Gasteiger partial charge in [0.25, 0.3) is 5.91 Å². The van der Waals surface area contributed by atoms with Gasteiger partial charge in [0.05, 0.1) is 11.7 Å². The van der Waals surface area contributed by atoms with Gasteiger partial charge in [-0.15, -0.1) is 0 Å². The zero-order valence-electron chi connectivity index (χ0n) is 15.9. The summed E-state index contributed by atoms with van der Waals surface area (Å²) in [5.74, 6) is -0.194. The first-order valence-electron chi connectivity index (χ1n) is 9.40. The molecule has 0 bridgehead atoms. The van der Waals surface area contributed by atoms with Crippen molar-refractivity contribution in [3.8, 4) is 0 Å². The van der Waals surface area contributed by atoms with Crippen molar-refractivity contribution in [1.82, 2.24) is 5.32 Å². The van der Waals surface area contributed by atoms with E-state index in [9.17, 15) is 4.79 Å². The van der Waals surface area contributed by atoms with Crippen molar-refractivity contribution in [2.75, 3.05) is 5.01 Å². The lowest BCUT2D eigenvalue weighted by Crippen LogP contribution is -2.29. The molecule has 0 saturated carbocycles. The number of carbonyl (C=O) groups is 1. The van der Waals surface area contributed by atoms with Gasteiger partial charge in [0.15, 0.2) is 0 Å². The van der Waals surface area contributed by atoms with Gasteiger partial charge in [0, 0.05) is 28.0 Å². The van der Waals surface area contributed by atoms with E-state index in [1.54, 1.807) is 12.1 Å². The third kappa shape index (κ3) is 4.78. The van der Waals surface area contributed by atoms with Crippen LogP contribution in [0.3, 0.4) is 0 Å². The Morgan fingerprint density at radius 1 is 0.867 bits per heavy atom. The summed E-state index contributed by atoms with van der Waals surface area (Å²) in [5, 5.41) is 11.4. The van der Waals surface area contributed by atoms with Crippen LogP contribution in [-0.4, -0.2) is 11.6 Å². The Morgan fingerprint density at radius 2 is 1.40 bits per heavy atom. The first kappa shape index (κ1) is 20.7. The molecular weight excluding hydrogens is 441 g/mol. The molecule has 4 rings (SSSR count). The minimum absolute atomic E-state index is 0.111.